The highest BCUT2D eigenvalue weighted by Crippen LogP contribution is 2.34. The molecule has 0 radical (unpaired) electrons. The summed E-state index contributed by atoms with van der Waals surface area (Å²) in [5, 5.41) is 3.27. The third kappa shape index (κ3) is 3.00. The van der Waals surface area contributed by atoms with Crippen LogP contribution in [0.3, 0.4) is 0 Å². The Kier molecular flexibility index (Phi) is 3.86. The summed E-state index contributed by atoms with van der Waals surface area (Å²) in [7, 11) is 0. The van der Waals surface area contributed by atoms with Gasteiger partial charge in [0.25, 0.3) is 5.79 Å². The molecule has 1 aromatic carbocycles. The number of hydrogen-bond donors (Lipinski definition) is 1. The van der Waals surface area contributed by atoms with Gasteiger partial charge in [0, 0.05) is 19.0 Å². The van der Waals surface area contributed by atoms with E-state index < -0.39 is 23.3 Å². The molecule has 2 heterocycles. The van der Waals surface area contributed by atoms with Gasteiger partial charge in [0.2, 0.25) is 0 Å². The van der Waals surface area contributed by atoms with Crippen molar-refractivity contribution < 1.29 is 23.5 Å². The highest BCUT2D eigenvalue weighted by Gasteiger charge is 2.42. The molecular weight excluding hydrogens is 313 g/mol. The number of aryl methyl sites for hydroxylation is 1. The quantitative estimate of drug-likeness (QED) is 0.512. The summed E-state index contributed by atoms with van der Waals surface area (Å²) in [6.07, 6.45) is 3.18. The number of anilines is 1. The smallest absolute Gasteiger partial charge is 0.348 e. The second kappa shape index (κ2) is 5.61. The molecule has 1 unspecified atom stereocenters. The third-order valence-corrected chi connectivity index (χ3v) is 4.56. The van der Waals surface area contributed by atoms with Crippen LogP contribution in [0, 0.1) is 5.82 Å². The molecule has 6 heteroatoms. The molecule has 24 heavy (non-hydrogen) atoms. The van der Waals surface area contributed by atoms with Crippen LogP contribution in [-0.2, 0) is 25.5 Å². The first kappa shape index (κ1) is 16.5. The predicted molar refractivity (Wildman–Crippen MR) is 85.7 cm³/mol. The first-order valence-electron chi connectivity index (χ1n) is 8.00. The van der Waals surface area contributed by atoms with Gasteiger partial charge in [0.05, 0.1) is 5.54 Å². The average Bonchev–Trinajstić information content (AvgIpc) is 2.52. The van der Waals surface area contributed by atoms with E-state index in [1.807, 2.05) is 6.92 Å². The molecule has 1 saturated heterocycles. The molecule has 1 N–H and O–H groups in total. The van der Waals surface area contributed by atoms with E-state index in [4.69, 9.17) is 9.47 Å². The van der Waals surface area contributed by atoms with Gasteiger partial charge in [-0.2, -0.15) is 0 Å². The normalized spacial score (nSPS) is 29.2. The molecule has 0 aliphatic carbocycles. The second-order valence-corrected chi connectivity index (χ2v) is 6.67. The molecule has 3 rings (SSSR count). The molecule has 0 amide bonds. The number of cyclic esters (lactones) is 2. The molecule has 5 nitrogen and oxygen atoms in total. The number of rotatable bonds is 2. The van der Waals surface area contributed by atoms with E-state index in [0.29, 0.717) is 19.3 Å². The number of halogens is 1. The first-order chi connectivity index (χ1) is 11.2. The molecule has 0 bridgehead atoms. The summed E-state index contributed by atoms with van der Waals surface area (Å²) in [6, 6.07) is 4.53. The van der Waals surface area contributed by atoms with E-state index in [9.17, 15) is 14.0 Å². The van der Waals surface area contributed by atoms with Crippen LogP contribution in [0.5, 0.6) is 0 Å². The maximum absolute atomic E-state index is 13.3. The monoisotopic (exact) mass is 333 g/mol. The van der Waals surface area contributed by atoms with Crippen molar-refractivity contribution in [3.63, 3.8) is 0 Å². The minimum Gasteiger partial charge on any atom is -0.419 e. The van der Waals surface area contributed by atoms with Gasteiger partial charge in [-0.15, -0.1) is 0 Å². The van der Waals surface area contributed by atoms with Crippen LogP contribution >= 0.6 is 0 Å². The van der Waals surface area contributed by atoms with Gasteiger partial charge in [-0.3, -0.25) is 0 Å². The van der Waals surface area contributed by atoms with Crippen LogP contribution in [-0.4, -0.2) is 23.3 Å². The number of esters is 2. The Bertz CT molecular complexity index is 723. The SMILES string of the molecule is CCC1(C)OC(=O)C(=CC2(C)CCc3cc(F)ccc3N2)C(=O)O1. The van der Waals surface area contributed by atoms with E-state index in [-0.39, 0.29) is 11.4 Å². The summed E-state index contributed by atoms with van der Waals surface area (Å²) in [4.78, 5) is 24.4. The Morgan fingerprint density at radius 1 is 1.25 bits per heavy atom. The van der Waals surface area contributed by atoms with E-state index in [2.05, 4.69) is 5.32 Å². The molecule has 1 atom stereocenters. The Balaban J connectivity index is 1.87. The van der Waals surface area contributed by atoms with E-state index in [1.54, 1.807) is 26.0 Å². The molecule has 128 valence electrons. The number of fused-ring (bicyclic) bond motifs is 1. The summed E-state index contributed by atoms with van der Waals surface area (Å²) < 4.78 is 23.8. The van der Waals surface area contributed by atoms with Crippen LogP contribution in [0.1, 0.15) is 39.2 Å². The third-order valence-electron chi connectivity index (χ3n) is 4.56. The van der Waals surface area contributed by atoms with Crippen molar-refractivity contribution in [3.8, 4) is 0 Å². The maximum Gasteiger partial charge on any atom is 0.348 e. The van der Waals surface area contributed by atoms with Gasteiger partial charge in [-0.25, -0.2) is 14.0 Å². The fourth-order valence-corrected chi connectivity index (χ4v) is 2.95. The molecular formula is C18H20FNO4. The summed E-state index contributed by atoms with van der Waals surface area (Å²) in [6.45, 7) is 5.21. The molecule has 0 saturated carbocycles. The lowest BCUT2D eigenvalue weighted by Crippen LogP contribution is -2.45. The fourth-order valence-electron chi connectivity index (χ4n) is 2.95. The highest BCUT2D eigenvalue weighted by atomic mass is 19.1. The summed E-state index contributed by atoms with van der Waals surface area (Å²) in [5.74, 6) is -2.85. The number of ether oxygens (including phenoxy) is 2. The van der Waals surface area contributed by atoms with Gasteiger partial charge in [-0.05, 0) is 49.6 Å². The lowest BCUT2D eigenvalue weighted by atomic mass is 9.86. The van der Waals surface area contributed by atoms with Crippen molar-refractivity contribution in [1.82, 2.24) is 0 Å². The van der Waals surface area contributed by atoms with Crippen molar-refractivity contribution in [1.29, 1.82) is 0 Å². The lowest BCUT2D eigenvalue weighted by molar-refractivity contribution is -0.229. The van der Waals surface area contributed by atoms with Crippen LogP contribution in [0.15, 0.2) is 29.8 Å². The van der Waals surface area contributed by atoms with Crippen molar-refractivity contribution in [3.05, 3.63) is 41.2 Å². The standard InChI is InChI=1S/C18H20FNO4/c1-4-18(3)23-15(21)13(16(22)24-18)10-17(2)8-7-11-9-12(19)5-6-14(11)20-17/h5-6,9-10,20H,4,7-8H2,1-3H3. The van der Waals surface area contributed by atoms with Gasteiger partial charge in [0.1, 0.15) is 11.4 Å². The van der Waals surface area contributed by atoms with Crippen LogP contribution in [0.4, 0.5) is 10.1 Å². The van der Waals surface area contributed by atoms with Crippen LogP contribution in [0.2, 0.25) is 0 Å². The topological polar surface area (TPSA) is 64.6 Å². The minimum atomic E-state index is -1.21. The largest absolute Gasteiger partial charge is 0.419 e. The minimum absolute atomic E-state index is 0.110. The molecule has 1 fully saturated rings. The average molecular weight is 333 g/mol. The van der Waals surface area contributed by atoms with Gasteiger partial charge >= 0.3 is 11.9 Å². The molecule has 2 aliphatic heterocycles. The van der Waals surface area contributed by atoms with Crippen LogP contribution in [0.25, 0.3) is 0 Å². The zero-order chi connectivity index (χ0) is 17.5. The van der Waals surface area contributed by atoms with Crippen molar-refractivity contribution >= 4 is 17.6 Å². The first-order valence-corrected chi connectivity index (χ1v) is 8.00. The van der Waals surface area contributed by atoms with Gasteiger partial charge in [-0.1, -0.05) is 6.92 Å². The van der Waals surface area contributed by atoms with Gasteiger partial charge < -0.3 is 14.8 Å². The molecule has 2 aliphatic rings. The highest BCUT2D eigenvalue weighted by molar-refractivity contribution is 6.15. The number of carbonyl (C=O) groups is 2. The molecule has 0 aromatic heterocycles. The van der Waals surface area contributed by atoms with Crippen molar-refractivity contribution in [2.24, 2.45) is 0 Å². The summed E-state index contributed by atoms with van der Waals surface area (Å²) in [5.41, 5.74) is 0.927. The molecule has 1 aromatic rings. The number of carbonyl (C=O) groups excluding carboxylic acids is 2. The Morgan fingerprint density at radius 3 is 2.54 bits per heavy atom. The Labute approximate surface area is 139 Å². The number of benzene rings is 1. The predicted octanol–water partition coefficient (Wildman–Crippen LogP) is 3.10. The zero-order valence-electron chi connectivity index (χ0n) is 13.9. The second-order valence-electron chi connectivity index (χ2n) is 6.67. The Hall–Kier alpha value is -2.37. The summed E-state index contributed by atoms with van der Waals surface area (Å²) >= 11 is 0. The fraction of sp³-hybridized carbons (Fsp3) is 0.444. The van der Waals surface area contributed by atoms with E-state index >= 15 is 0 Å². The van der Waals surface area contributed by atoms with Crippen molar-refractivity contribution in [2.45, 2.75) is 51.4 Å². The maximum atomic E-state index is 13.3. The van der Waals surface area contributed by atoms with E-state index in [1.165, 1.54) is 12.1 Å². The molecule has 0 spiro atoms. The number of nitrogens with one attached hydrogen (secondary N) is 1. The Morgan fingerprint density at radius 2 is 1.92 bits per heavy atom. The lowest BCUT2D eigenvalue weighted by Gasteiger charge is -2.37. The van der Waals surface area contributed by atoms with Crippen LogP contribution < -0.4 is 5.32 Å². The van der Waals surface area contributed by atoms with Crippen molar-refractivity contribution in [2.75, 3.05) is 5.32 Å². The zero-order valence-corrected chi connectivity index (χ0v) is 13.9. The van der Waals surface area contributed by atoms with Gasteiger partial charge in [0.15, 0.2) is 0 Å². The number of hydrogen-bond acceptors (Lipinski definition) is 5. The van der Waals surface area contributed by atoms with E-state index in [0.717, 1.165) is 11.3 Å².